The maximum Gasteiger partial charge on any atom is 0.114 e. The van der Waals surface area contributed by atoms with Crippen LogP contribution in [0, 0.1) is 61.7 Å². The third-order valence-electron chi connectivity index (χ3n) is 12.9. The highest BCUT2D eigenvalue weighted by Crippen LogP contribution is 2.47. The lowest BCUT2D eigenvalue weighted by atomic mass is 9.88. The highest BCUT2D eigenvalue weighted by Gasteiger charge is 2.23. The van der Waals surface area contributed by atoms with Gasteiger partial charge in [0, 0.05) is 67.5 Å². The molecule has 0 saturated heterocycles. The summed E-state index contributed by atoms with van der Waals surface area (Å²) in [6.07, 6.45) is 35.4. The summed E-state index contributed by atoms with van der Waals surface area (Å²) in [5.41, 5.74) is 7.32. The monoisotopic (exact) mass is 973 g/mol. The van der Waals surface area contributed by atoms with Crippen LogP contribution in [0.2, 0.25) is 0 Å². The van der Waals surface area contributed by atoms with Gasteiger partial charge < -0.3 is 0 Å². The molecule has 1 aromatic carbocycles. The maximum absolute atomic E-state index is 5.46. The van der Waals surface area contributed by atoms with E-state index in [9.17, 15) is 0 Å². The Bertz CT molecular complexity index is 2530. The van der Waals surface area contributed by atoms with E-state index in [4.69, 9.17) is 15.2 Å². The number of nitrogens with zero attached hydrogens (tertiary/aromatic N) is 2. The van der Waals surface area contributed by atoms with E-state index in [2.05, 4.69) is 113 Å². The fourth-order valence-corrected chi connectivity index (χ4v) is 14.1. The third-order valence-corrected chi connectivity index (χ3v) is 18.2. The number of aryl methyl sites for hydroxylation is 2. The summed E-state index contributed by atoms with van der Waals surface area (Å²) in [4.78, 5) is 10.7. The van der Waals surface area contributed by atoms with Crippen molar-refractivity contribution in [3.63, 3.8) is 0 Å². The Morgan fingerprint density at radius 3 is 1.66 bits per heavy atom. The van der Waals surface area contributed by atoms with E-state index in [0.29, 0.717) is 0 Å². The molecular weight excluding hydrogens is 885 g/mol. The third kappa shape index (κ3) is 15.5. The van der Waals surface area contributed by atoms with E-state index >= 15 is 0 Å². The van der Waals surface area contributed by atoms with Crippen LogP contribution in [-0.2, 0) is 12.8 Å². The van der Waals surface area contributed by atoms with E-state index in [1.807, 2.05) is 45.3 Å². The quantitative estimate of drug-likeness (QED) is 0.0346. The van der Waals surface area contributed by atoms with Gasteiger partial charge in [-0.15, -0.1) is 51.8 Å². The van der Waals surface area contributed by atoms with Crippen LogP contribution in [0.5, 0.6) is 0 Å². The first-order chi connectivity index (χ1) is 31.9. The molecule has 0 fully saturated rings. The van der Waals surface area contributed by atoms with Gasteiger partial charge in [0.25, 0.3) is 0 Å². The first-order valence-electron chi connectivity index (χ1n) is 25.0. The molecule has 1 atom stereocenters. The fraction of sp³-hybridized carbons (Fsp3) is 0.517. The van der Waals surface area contributed by atoms with E-state index in [-0.39, 0.29) is 17.3 Å². The summed E-state index contributed by atoms with van der Waals surface area (Å²) in [5, 5.41) is 0. The van der Waals surface area contributed by atoms with Crippen LogP contribution < -0.4 is 0 Å². The van der Waals surface area contributed by atoms with Gasteiger partial charge in [0.15, 0.2) is 0 Å². The van der Waals surface area contributed by atoms with Crippen molar-refractivity contribution in [3.8, 4) is 76.4 Å². The Balaban J connectivity index is -0.00000612. The molecule has 2 nitrogen and oxygen atoms in total. The van der Waals surface area contributed by atoms with Gasteiger partial charge in [-0.25, -0.2) is 0 Å². The number of aromatic nitrogens is 2. The molecule has 7 heteroatoms. The standard InChI is InChI=1S/C58H72N2S5.8H2/c1-7-11-15-19-22-26-30-45(31-27-23-20-16-12-8-2)39-47-41-54(62-44(47)6)49-34-35-50(57-56(49)59-65-60-57)55-42-48(40-46(29-25-18-14-10-4)32-28-24-21-17-13-9-3)58(64-55)53-38-37-52(63-53)51-36-33-43(5)61-51;;;;;;;;/h4,33-38,41-42,45-46H,7-9,11-13,15-17,19-24,26-28,30-32,39-40H2,1-3,5-6H3;8*1H. The second-order valence-electron chi connectivity index (χ2n) is 18.2. The van der Waals surface area contributed by atoms with E-state index in [1.54, 1.807) is 0 Å². The predicted octanol–water partition coefficient (Wildman–Crippen LogP) is 21.4. The Kier molecular flexibility index (Phi) is 21.9. The summed E-state index contributed by atoms with van der Waals surface area (Å²) in [6.45, 7) is 11.4. The van der Waals surface area contributed by atoms with E-state index in [0.717, 1.165) is 29.8 Å². The van der Waals surface area contributed by atoms with Crippen LogP contribution in [0.1, 0.15) is 188 Å². The molecule has 0 N–H and O–H groups in total. The summed E-state index contributed by atoms with van der Waals surface area (Å²) < 4.78 is 10.0. The number of hydrogen-bond donors (Lipinski definition) is 0. The number of fused-ring (bicyclic) bond motifs is 1. The molecule has 360 valence electrons. The minimum atomic E-state index is 0. The Morgan fingerprint density at radius 1 is 0.523 bits per heavy atom. The summed E-state index contributed by atoms with van der Waals surface area (Å²) in [6, 6.07) is 18.7. The zero-order valence-corrected chi connectivity index (χ0v) is 44.1. The van der Waals surface area contributed by atoms with Crippen molar-refractivity contribution in [1.82, 2.24) is 8.75 Å². The molecule has 6 aromatic rings. The Labute approximate surface area is 425 Å². The number of rotatable bonds is 29. The highest BCUT2D eigenvalue weighted by molar-refractivity contribution is 7.27. The molecule has 0 saturated carbocycles. The van der Waals surface area contributed by atoms with Gasteiger partial charge in [0.2, 0.25) is 0 Å². The summed E-state index contributed by atoms with van der Waals surface area (Å²) in [5.74, 6) is 15.7. The zero-order valence-electron chi connectivity index (χ0n) is 40.0. The number of terminal acetylenes is 1. The molecule has 65 heavy (non-hydrogen) atoms. The highest BCUT2D eigenvalue weighted by atomic mass is 32.1. The Hall–Kier alpha value is -3.48. The van der Waals surface area contributed by atoms with Gasteiger partial charge in [0.1, 0.15) is 11.0 Å². The average Bonchev–Trinajstić information content (AvgIpc) is 4.17. The van der Waals surface area contributed by atoms with Gasteiger partial charge in [-0.1, -0.05) is 167 Å². The lowest BCUT2D eigenvalue weighted by molar-refractivity contribution is 0.400. The van der Waals surface area contributed by atoms with Crippen LogP contribution in [0.4, 0.5) is 0 Å². The van der Waals surface area contributed by atoms with Crippen molar-refractivity contribution in [3.05, 3.63) is 69.4 Å². The first-order valence-corrected chi connectivity index (χ1v) is 29.0. The second-order valence-corrected chi connectivity index (χ2v) is 23.4. The van der Waals surface area contributed by atoms with Crippen LogP contribution in [0.3, 0.4) is 0 Å². The lowest BCUT2D eigenvalue weighted by Crippen LogP contribution is -2.05. The zero-order chi connectivity index (χ0) is 45.6. The topological polar surface area (TPSA) is 25.8 Å². The molecule has 0 amide bonds. The average molecular weight is 974 g/mol. The molecule has 6 rings (SSSR count). The smallest absolute Gasteiger partial charge is 0.114 e. The summed E-state index contributed by atoms with van der Waals surface area (Å²) >= 11 is 8.95. The van der Waals surface area contributed by atoms with Gasteiger partial charge >= 0.3 is 0 Å². The normalized spacial score (nSPS) is 11.8. The maximum atomic E-state index is 5.46. The molecule has 0 bridgehead atoms. The molecule has 0 aliphatic rings. The van der Waals surface area contributed by atoms with Crippen molar-refractivity contribution >= 4 is 68.1 Å². The molecule has 0 spiro atoms. The number of hydrogen-bond acceptors (Lipinski definition) is 7. The SMILES string of the molecule is C#CC#CC#CC(CCCCCCCC)Cc1cc(-c2ccc(-c3cc(CC(CCCCCCCC)CCCCCCCC)c(C)s3)c3nsnc23)sc1-c1ccc(-c2ccc(C)s2)s1.[HH].[HH].[HH].[HH].[HH].[HH].[HH].[HH]. The number of thiophene rings is 4. The first kappa shape index (κ1) is 50.9. The van der Waals surface area contributed by atoms with Gasteiger partial charge in [-0.3, -0.25) is 0 Å². The van der Waals surface area contributed by atoms with Gasteiger partial charge in [-0.05, 0) is 110 Å². The number of unbranched alkanes of at least 4 members (excludes halogenated alkanes) is 15. The fourth-order valence-electron chi connectivity index (χ4n) is 9.15. The minimum Gasteiger partial charge on any atom is -0.172 e. The Morgan fingerprint density at radius 2 is 1.06 bits per heavy atom. The second kappa shape index (κ2) is 28.0. The molecular formula is C58H88N2S5. The molecule has 0 aliphatic carbocycles. The molecule has 0 radical (unpaired) electrons. The number of benzene rings is 1. The van der Waals surface area contributed by atoms with Crippen LogP contribution in [0.15, 0.2) is 48.5 Å². The van der Waals surface area contributed by atoms with Crippen LogP contribution in [0.25, 0.3) is 51.4 Å². The van der Waals surface area contributed by atoms with Crippen molar-refractivity contribution < 1.29 is 11.4 Å². The molecule has 1 unspecified atom stereocenters. The van der Waals surface area contributed by atoms with Crippen molar-refractivity contribution in [2.75, 3.05) is 0 Å². The van der Waals surface area contributed by atoms with E-state index < -0.39 is 0 Å². The van der Waals surface area contributed by atoms with Gasteiger partial charge in [0.05, 0.1) is 11.7 Å². The van der Waals surface area contributed by atoms with Crippen LogP contribution in [-0.4, -0.2) is 8.75 Å². The minimum absolute atomic E-state index is 0. The largest absolute Gasteiger partial charge is 0.172 e. The van der Waals surface area contributed by atoms with Crippen molar-refractivity contribution in [2.45, 2.75) is 182 Å². The molecule has 5 heterocycles. The molecule has 5 aromatic heterocycles. The predicted molar refractivity (Wildman–Crippen MR) is 310 cm³/mol. The van der Waals surface area contributed by atoms with Crippen molar-refractivity contribution in [2.24, 2.45) is 11.8 Å². The molecule has 0 aliphatic heterocycles. The summed E-state index contributed by atoms with van der Waals surface area (Å²) in [7, 11) is 0. The van der Waals surface area contributed by atoms with Crippen molar-refractivity contribution in [1.29, 1.82) is 0 Å². The lowest BCUT2D eigenvalue weighted by Gasteiger charge is -2.17. The van der Waals surface area contributed by atoms with E-state index in [1.165, 1.54) is 208 Å². The van der Waals surface area contributed by atoms with Gasteiger partial charge in [-0.2, -0.15) is 8.75 Å². The van der Waals surface area contributed by atoms with Crippen LogP contribution >= 0.6 is 57.1 Å².